The van der Waals surface area contributed by atoms with Gasteiger partial charge in [-0.15, -0.1) is 0 Å². The third-order valence-electron chi connectivity index (χ3n) is 10.1. The highest BCUT2D eigenvalue weighted by atomic mass is 19.1. The molecule has 1 heterocycles. The number of hydrogen-bond donors (Lipinski definition) is 0. The van der Waals surface area contributed by atoms with Crippen LogP contribution in [0.25, 0.3) is 0 Å². The average Bonchev–Trinajstić information content (AvgIpc) is 3.46. The Balaban J connectivity index is 1.14. The summed E-state index contributed by atoms with van der Waals surface area (Å²) in [5, 5.41) is 0. The van der Waals surface area contributed by atoms with Crippen LogP contribution in [0.3, 0.4) is 0 Å². The average molecular weight is 466 g/mol. The Kier molecular flexibility index (Phi) is 4.36. The van der Waals surface area contributed by atoms with Gasteiger partial charge in [-0.2, -0.15) is 0 Å². The predicted molar refractivity (Wildman–Crippen MR) is 123 cm³/mol. The van der Waals surface area contributed by atoms with Gasteiger partial charge in [0.1, 0.15) is 17.3 Å². The van der Waals surface area contributed by atoms with Gasteiger partial charge in [0.15, 0.2) is 0 Å². The van der Waals surface area contributed by atoms with Crippen LogP contribution in [0, 0.1) is 34.4 Å². The van der Waals surface area contributed by atoms with Crippen molar-refractivity contribution >= 4 is 11.9 Å². The lowest BCUT2D eigenvalue weighted by Crippen LogP contribution is -2.42. The first-order chi connectivity index (χ1) is 16.4. The molecular weight excluding hydrogens is 433 g/mol. The number of carbonyl (C=O) groups is 2. The van der Waals surface area contributed by atoms with Crippen LogP contribution in [-0.2, 0) is 9.53 Å². The van der Waals surface area contributed by atoms with E-state index in [4.69, 9.17) is 9.47 Å². The highest BCUT2D eigenvalue weighted by Crippen LogP contribution is 2.78. The van der Waals surface area contributed by atoms with Gasteiger partial charge in [0, 0.05) is 18.0 Å². The van der Waals surface area contributed by atoms with E-state index in [0.29, 0.717) is 36.7 Å². The van der Waals surface area contributed by atoms with Gasteiger partial charge < -0.3 is 14.4 Å². The summed E-state index contributed by atoms with van der Waals surface area (Å²) in [6, 6.07) is 3.12. The zero-order valence-electron chi connectivity index (χ0n) is 19.8. The zero-order valence-corrected chi connectivity index (χ0v) is 19.8. The van der Waals surface area contributed by atoms with E-state index in [1.807, 2.05) is 0 Å². The molecular formula is C28H32FNO4. The molecule has 3 bridgehead atoms. The van der Waals surface area contributed by atoms with E-state index < -0.39 is 17.7 Å². The molecule has 180 valence electrons. The molecule has 0 N–H and O–H groups in total. The fraction of sp³-hybridized carbons (Fsp3) is 0.643. The standard InChI is InChI=1S/C28H32FNO4/c1-33-26(32)23-3-2-6-30(23)25(31)21-9-20(17-4-5-17)24(10-22(21)29)34-15-27-11-16-7-18-8-19(13-27)28(18,12-16)14-27/h3,9-10,16-19H,2,4-8,11-15H2,1H3. The molecule has 5 saturated carbocycles. The van der Waals surface area contributed by atoms with Crippen LogP contribution in [0.1, 0.15) is 79.6 Å². The van der Waals surface area contributed by atoms with Crippen LogP contribution in [-0.4, -0.2) is 37.0 Å². The molecule has 1 aromatic carbocycles. The Labute approximate surface area is 199 Å². The molecule has 0 radical (unpaired) electrons. The van der Waals surface area contributed by atoms with Crippen LogP contribution < -0.4 is 4.74 Å². The van der Waals surface area contributed by atoms with Crippen molar-refractivity contribution < 1.29 is 23.5 Å². The first kappa shape index (κ1) is 21.0. The fourth-order valence-electron chi connectivity index (χ4n) is 8.73. The van der Waals surface area contributed by atoms with E-state index in [2.05, 4.69) is 0 Å². The van der Waals surface area contributed by atoms with Gasteiger partial charge >= 0.3 is 5.97 Å². The van der Waals surface area contributed by atoms with E-state index in [-0.39, 0.29) is 16.7 Å². The maximum Gasteiger partial charge on any atom is 0.354 e. The van der Waals surface area contributed by atoms with E-state index >= 15 is 4.39 Å². The maximum absolute atomic E-state index is 15.3. The number of halogens is 1. The third kappa shape index (κ3) is 2.89. The van der Waals surface area contributed by atoms with Crippen molar-refractivity contribution in [3.05, 3.63) is 40.8 Å². The van der Waals surface area contributed by atoms with Crippen LogP contribution in [0.4, 0.5) is 4.39 Å². The first-order valence-corrected chi connectivity index (χ1v) is 13.0. The predicted octanol–water partition coefficient (Wildman–Crippen LogP) is 5.20. The Hall–Kier alpha value is -2.37. The number of methoxy groups -OCH3 is 1. The van der Waals surface area contributed by atoms with Gasteiger partial charge in [-0.3, -0.25) is 4.79 Å². The molecule has 6 heteroatoms. The summed E-state index contributed by atoms with van der Waals surface area (Å²) < 4.78 is 26.6. The summed E-state index contributed by atoms with van der Waals surface area (Å²) >= 11 is 0. The summed E-state index contributed by atoms with van der Waals surface area (Å²) in [7, 11) is 1.29. The quantitative estimate of drug-likeness (QED) is 0.542. The number of carbonyl (C=O) groups excluding carboxylic acids is 2. The lowest BCUT2D eigenvalue weighted by atomic mass is 9.55. The summed E-state index contributed by atoms with van der Waals surface area (Å²) in [6.07, 6.45) is 12.4. The second kappa shape index (κ2) is 7.08. The van der Waals surface area contributed by atoms with Crippen LogP contribution in [0.5, 0.6) is 5.75 Å². The van der Waals surface area contributed by atoms with Crippen LogP contribution in [0.15, 0.2) is 23.9 Å². The van der Waals surface area contributed by atoms with Crippen molar-refractivity contribution in [3.63, 3.8) is 0 Å². The second-order valence-electron chi connectivity index (χ2n) is 12.0. The number of rotatable bonds is 6. The number of esters is 1. The minimum absolute atomic E-state index is 0.0143. The smallest absolute Gasteiger partial charge is 0.354 e. The van der Waals surface area contributed by atoms with Gasteiger partial charge in [0.05, 0.1) is 19.3 Å². The number of benzene rings is 1. The summed E-state index contributed by atoms with van der Waals surface area (Å²) in [5.41, 5.74) is 2.01. The molecule has 1 spiro atoms. The molecule has 1 aliphatic heterocycles. The molecule has 0 aromatic heterocycles. The van der Waals surface area contributed by atoms with Crippen molar-refractivity contribution in [2.75, 3.05) is 20.3 Å². The van der Waals surface area contributed by atoms with Crippen molar-refractivity contribution in [2.45, 2.75) is 63.7 Å². The normalized spacial score (nSPS) is 36.8. The molecule has 0 saturated heterocycles. The van der Waals surface area contributed by atoms with E-state index in [9.17, 15) is 9.59 Å². The highest BCUT2D eigenvalue weighted by Gasteiger charge is 2.70. The number of hydrogen-bond acceptors (Lipinski definition) is 4. The van der Waals surface area contributed by atoms with Gasteiger partial charge in [-0.05, 0) is 98.5 Å². The summed E-state index contributed by atoms with van der Waals surface area (Å²) in [4.78, 5) is 26.6. The number of amides is 1. The van der Waals surface area contributed by atoms with Crippen molar-refractivity contribution in [3.8, 4) is 5.75 Å². The molecule has 1 amide bonds. The van der Waals surface area contributed by atoms with E-state index in [0.717, 1.165) is 36.2 Å². The minimum atomic E-state index is -0.577. The number of fused-ring (bicyclic) bond motifs is 2. The third-order valence-corrected chi connectivity index (χ3v) is 10.1. The van der Waals surface area contributed by atoms with Gasteiger partial charge in [0.25, 0.3) is 5.91 Å². The zero-order chi connectivity index (χ0) is 23.2. The molecule has 5 unspecified atom stereocenters. The monoisotopic (exact) mass is 465 g/mol. The Bertz CT molecular complexity index is 1120. The SMILES string of the molecule is COC(=O)C1=CCCN1C(=O)c1cc(C2CC2)c(OCC23CC4CC5CC(C2)C5(C4)C3)cc1F. The Morgan fingerprint density at radius 2 is 2.00 bits per heavy atom. The molecule has 1 aromatic rings. The lowest BCUT2D eigenvalue weighted by Gasteiger charge is -2.49. The molecule has 6 aliphatic rings. The Morgan fingerprint density at radius 3 is 2.79 bits per heavy atom. The molecule has 34 heavy (non-hydrogen) atoms. The maximum atomic E-state index is 15.3. The molecule has 5 fully saturated rings. The minimum Gasteiger partial charge on any atom is -0.493 e. The van der Waals surface area contributed by atoms with Crippen molar-refractivity contribution in [1.29, 1.82) is 0 Å². The van der Waals surface area contributed by atoms with Crippen LogP contribution >= 0.6 is 0 Å². The second-order valence-corrected chi connectivity index (χ2v) is 12.0. The first-order valence-electron chi connectivity index (χ1n) is 13.0. The molecule has 5 nitrogen and oxygen atoms in total. The van der Waals surface area contributed by atoms with E-state index in [1.165, 1.54) is 56.6 Å². The summed E-state index contributed by atoms with van der Waals surface area (Å²) in [5.74, 6) is 1.99. The van der Waals surface area contributed by atoms with Crippen molar-refractivity contribution in [2.24, 2.45) is 28.6 Å². The lowest BCUT2D eigenvalue weighted by molar-refractivity contribution is -0.137. The Morgan fingerprint density at radius 1 is 1.15 bits per heavy atom. The van der Waals surface area contributed by atoms with Gasteiger partial charge in [-0.1, -0.05) is 6.08 Å². The number of nitrogens with zero attached hydrogens (tertiary/aromatic N) is 1. The van der Waals surface area contributed by atoms with E-state index in [1.54, 1.807) is 12.1 Å². The highest BCUT2D eigenvalue weighted by molar-refractivity contribution is 6.02. The number of ether oxygens (including phenoxy) is 2. The van der Waals surface area contributed by atoms with Gasteiger partial charge in [-0.25, -0.2) is 9.18 Å². The molecule has 5 aliphatic carbocycles. The van der Waals surface area contributed by atoms with Crippen molar-refractivity contribution in [1.82, 2.24) is 4.90 Å². The summed E-state index contributed by atoms with van der Waals surface area (Å²) in [6.45, 7) is 1.02. The fourth-order valence-corrected chi connectivity index (χ4v) is 8.73. The molecule has 7 rings (SSSR count). The largest absolute Gasteiger partial charge is 0.493 e. The van der Waals surface area contributed by atoms with Gasteiger partial charge in [0.2, 0.25) is 0 Å². The van der Waals surface area contributed by atoms with Crippen LogP contribution in [0.2, 0.25) is 0 Å². The topological polar surface area (TPSA) is 55.8 Å². The molecule has 5 atom stereocenters.